The van der Waals surface area contributed by atoms with Crippen LogP contribution in [0, 0.1) is 12.8 Å². The summed E-state index contributed by atoms with van der Waals surface area (Å²) in [6, 6.07) is 9.04. The molecule has 1 unspecified atom stereocenters. The third kappa shape index (κ3) is 2.14. The molecule has 1 aromatic carbocycles. The normalized spacial score (nSPS) is 23.9. The smallest absolute Gasteiger partial charge is 0.191 e. The van der Waals surface area contributed by atoms with E-state index in [1.807, 2.05) is 0 Å². The highest BCUT2D eigenvalue weighted by Crippen LogP contribution is 2.34. The minimum absolute atomic E-state index is 0.357. The maximum Gasteiger partial charge on any atom is 0.191 e. The molecule has 1 aliphatic carbocycles. The Balaban J connectivity index is 1.82. The summed E-state index contributed by atoms with van der Waals surface area (Å²) in [7, 11) is 0. The number of benzene rings is 1. The Morgan fingerprint density at radius 2 is 2.24 bits per heavy atom. The summed E-state index contributed by atoms with van der Waals surface area (Å²) in [6.45, 7) is 4.02. The van der Waals surface area contributed by atoms with Gasteiger partial charge in [0.1, 0.15) is 0 Å². The third-order valence-corrected chi connectivity index (χ3v) is 3.68. The summed E-state index contributed by atoms with van der Waals surface area (Å²) in [4.78, 5) is 6.69. The molecule has 0 saturated heterocycles. The van der Waals surface area contributed by atoms with Gasteiger partial charge in [0, 0.05) is 6.54 Å². The predicted molar refractivity (Wildman–Crippen MR) is 69.8 cm³/mol. The van der Waals surface area contributed by atoms with Crippen LogP contribution in [-0.2, 0) is 0 Å². The number of nitrogens with zero attached hydrogens (tertiary/aromatic N) is 2. The molecule has 0 radical (unpaired) electrons. The van der Waals surface area contributed by atoms with Crippen LogP contribution >= 0.6 is 0 Å². The molecule has 90 valence electrons. The van der Waals surface area contributed by atoms with Crippen molar-refractivity contribution in [3.05, 3.63) is 35.4 Å². The molecule has 0 amide bonds. The molecule has 3 heteroatoms. The summed E-state index contributed by atoms with van der Waals surface area (Å²) in [6.07, 6.45) is 2.70. The topological polar surface area (TPSA) is 41.6 Å². The first kappa shape index (κ1) is 10.6. The molecule has 3 rings (SSSR count). The maximum atomic E-state index is 6.00. The number of hydrogen-bond donors (Lipinski definition) is 1. The number of hydrogen-bond acceptors (Lipinski definition) is 3. The van der Waals surface area contributed by atoms with E-state index in [2.05, 4.69) is 41.1 Å². The molecule has 1 aliphatic heterocycles. The van der Waals surface area contributed by atoms with E-state index >= 15 is 0 Å². The molecule has 17 heavy (non-hydrogen) atoms. The number of nitrogens with two attached hydrogens (primary N) is 1. The van der Waals surface area contributed by atoms with Crippen LogP contribution in [0.15, 0.2) is 29.3 Å². The van der Waals surface area contributed by atoms with Crippen molar-refractivity contribution in [3.63, 3.8) is 0 Å². The van der Waals surface area contributed by atoms with Crippen LogP contribution in [0.4, 0.5) is 0 Å². The number of guanidine groups is 1. The molecular formula is C14H19N3. The molecular weight excluding hydrogens is 210 g/mol. The average molecular weight is 229 g/mol. The van der Waals surface area contributed by atoms with Crippen molar-refractivity contribution in [1.82, 2.24) is 4.90 Å². The van der Waals surface area contributed by atoms with Crippen molar-refractivity contribution >= 4 is 5.96 Å². The molecule has 3 nitrogen and oxygen atoms in total. The third-order valence-electron chi connectivity index (χ3n) is 3.68. The number of aryl methyl sites for hydroxylation is 1. The van der Waals surface area contributed by atoms with Crippen molar-refractivity contribution in [3.8, 4) is 0 Å². The Labute approximate surface area is 102 Å². The second-order valence-corrected chi connectivity index (χ2v) is 5.22. The summed E-state index contributed by atoms with van der Waals surface area (Å²) in [5, 5.41) is 0. The van der Waals surface area contributed by atoms with Gasteiger partial charge in [0.15, 0.2) is 5.96 Å². The van der Waals surface area contributed by atoms with Gasteiger partial charge in [-0.1, -0.05) is 29.8 Å². The lowest BCUT2D eigenvalue weighted by Crippen LogP contribution is -2.37. The van der Waals surface area contributed by atoms with Gasteiger partial charge in [-0.25, -0.2) is 0 Å². The van der Waals surface area contributed by atoms with Crippen LogP contribution in [0.5, 0.6) is 0 Å². The fourth-order valence-corrected chi connectivity index (χ4v) is 2.49. The zero-order valence-electron chi connectivity index (χ0n) is 10.3. The van der Waals surface area contributed by atoms with Gasteiger partial charge in [0.2, 0.25) is 0 Å². The molecule has 1 fully saturated rings. The minimum atomic E-state index is 0.357. The second-order valence-electron chi connectivity index (χ2n) is 5.22. The Bertz CT molecular complexity index is 449. The highest BCUT2D eigenvalue weighted by Gasteiger charge is 2.32. The summed E-state index contributed by atoms with van der Waals surface area (Å²) < 4.78 is 0. The van der Waals surface area contributed by atoms with E-state index in [1.54, 1.807) is 0 Å². The van der Waals surface area contributed by atoms with Crippen LogP contribution in [0.1, 0.15) is 30.0 Å². The molecule has 0 spiro atoms. The number of aliphatic imine (C=N–C) groups is 1. The van der Waals surface area contributed by atoms with Crippen LogP contribution in [0.3, 0.4) is 0 Å². The summed E-state index contributed by atoms with van der Waals surface area (Å²) in [5.41, 5.74) is 8.64. The summed E-state index contributed by atoms with van der Waals surface area (Å²) >= 11 is 0. The molecule has 0 bridgehead atoms. The Morgan fingerprint density at radius 1 is 1.41 bits per heavy atom. The standard InChI is InChI=1S/C14H19N3/c1-10-3-2-4-12(7-10)13-8-16-14(15)17(13)9-11-5-6-11/h2-4,7,11,13H,5-6,8-9H2,1H3,(H2,15,16). The van der Waals surface area contributed by atoms with Crippen molar-refractivity contribution in [1.29, 1.82) is 0 Å². The van der Waals surface area contributed by atoms with Crippen LogP contribution < -0.4 is 5.73 Å². The van der Waals surface area contributed by atoms with E-state index in [9.17, 15) is 0 Å². The van der Waals surface area contributed by atoms with Crippen molar-refractivity contribution < 1.29 is 0 Å². The van der Waals surface area contributed by atoms with Gasteiger partial charge in [0.25, 0.3) is 0 Å². The fourth-order valence-electron chi connectivity index (χ4n) is 2.49. The Kier molecular flexibility index (Phi) is 2.54. The quantitative estimate of drug-likeness (QED) is 0.862. The molecule has 1 heterocycles. The molecule has 2 N–H and O–H groups in total. The van der Waals surface area contributed by atoms with E-state index < -0.39 is 0 Å². The van der Waals surface area contributed by atoms with E-state index in [-0.39, 0.29) is 0 Å². The van der Waals surface area contributed by atoms with Gasteiger partial charge in [-0.2, -0.15) is 0 Å². The van der Waals surface area contributed by atoms with Gasteiger partial charge >= 0.3 is 0 Å². The molecule has 1 aromatic rings. The maximum absolute atomic E-state index is 6.00. The first-order chi connectivity index (χ1) is 8.24. The second kappa shape index (κ2) is 4.06. The van der Waals surface area contributed by atoms with Crippen LogP contribution in [0.2, 0.25) is 0 Å². The first-order valence-corrected chi connectivity index (χ1v) is 6.37. The lowest BCUT2D eigenvalue weighted by atomic mass is 10.0. The van der Waals surface area contributed by atoms with Gasteiger partial charge in [-0.3, -0.25) is 4.99 Å². The van der Waals surface area contributed by atoms with E-state index in [0.717, 1.165) is 25.0 Å². The minimum Gasteiger partial charge on any atom is -0.370 e. The highest BCUT2D eigenvalue weighted by atomic mass is 15.3. The molecule has 0 aromatic heterocycles. The van der Waals surface area contributed by atoms with Crippen molar-refractivity contribution in [2.24, 2.45) is 16.6 Å². The predicted octanol–water partition coefficient (Wildman–Crippen LogP) is 2.08. The monoisotopic (exact) mass is 229 g/mol. The van der Waals surface area contributed by atoms with Crippen molar-refractivity contribution in [2.75, 3.05) is 13.1 Å². The van der Waals surface area contributed by atoms with Gasteiger partial charge in [-0.15, -0.1) is 0 Å². The molecule has 2 aliphatic rings. The molecule has 1 atom stereocenters. The average Bonchev–Trinajstić information content (AvgIpc) is 3.04. The lowest BCUT2D eigenvalue weighted by molar-refractivity contribution is 0.333. The largest absolute Gasteiger partial charge is 0.370 e. The zero-order valence-corrected chi connectivity index (χ0v) is 10.3. The number of rotatable bonds is 3. The van der Waals surface area contributed by atoms with Gasteiger partial charge in [0.05, 0.1) is 12.6 Å². The van der Waals surface area contributed by atoms with Crippen LogP contribution in [-0.4, -0.2) is 23.9 Å². The zero-order chi connectivity index (χ0) is 11.8. The van der Waals surface area contributed by atoms with Crippen LogP contribution in [0.25, 0.3) is 0 Å². The summed E-state index contributed by atoms with van der Waals surface area (Å²) in [5.74, 6) is 1.57. The van der Waals surface area contributed by atoms with E-state index in [1.165, 1.54) is 24.0 Å². The highest BCUT2D eigenvalue weighted by molar-refractivity contribution is 5.80. The fraction of sp³-hybridized carbons (Fsp3) is 0.500. The lowest BCUT2D eigenvalue weighted by Gasteiger charge is -2.26. The first-order valence-electron chi connectivity index (χ1n) is 6.37. The van der Waals surface area contributed by atoms with Gasteiger partial charge < -0.3 is 10.6 Å². The van der Waals surface area contributed by atoms with E-state index in [0.29, 0.717) is 6.04 Å². The SMILES string of the molecule is Cc1cccc(C2CN=C(N)N2CC2CC2)c1. The Morgan fingerprint density at radius 3 is 2.94 bits per heavy atom. The van der Waals surface area contributed by atoms with Gasteiger partial charge in [-0.05, 0) is 31.2 Å². The van der Waals surface area contributed by atoms with Crippen molar-refractivity contribution in [2.45, 2.75) is 25.8 Å². The van der Waals surface area contributed by atoms with E-state index in [4.69, 9.17) is 5.73 Å². The molecule has 1 saturated carbocycles. The Hall–Kier alpha value is -1.51.